The van der Waals surface area contributed by atoms with E-state index in [2.05, 4.69) is 4.98 Å². The van der Waals surface area contributed by atoms with Crippen LogP contribution in [0.15, 0.2) is 108 Å². The molecule has 0 aliphatic rings. The van der Waals surface area contributed by atoms with E-state index in [1.54, 1.807) is 63.0 Å². The Morgan fingerprint density at radius 1 is 0.737 bits per heavy atom. The van der Waals surface area contributed by atoms with E-state index in [9.17, 15) is 8.42 Å². The number of fused-ring (bicyclic) bond motifs is 2. The summed E-state index contributed by atoms with van der Waals surface area (Å²) >= 11 is 0. The van der Waals surface area contributed by atoms with Crippen molar-refractivity contribution in [2.75, 3.05) is 14.2 Å². The molecule has 0 N–H and O–H groups in total. The minimum atomic E-state index is -3.89. The Balaban J connectivity index is 1.65. The molecule has 6 rings (SSSR count). The van der Waals surface area contributed by atoms with E-state index >= 15 is 0 Å². The summed E-state index contributed by atoms with van der Waals surface area (Å²) < 4.78 is 39.6. The van der Waals surface area contributed by atoms with Gasteiger partial charge in [0.05, 0.1) is 30.3 Å². The van der Waals surface area contributed by atoms with Gasteiger partial charge >= 0.3 is 0 Å². The first-order valence-corrected chi connectivity index (χ1v) is 13.3. The predicted octanol–water partition coefficient (Wildman–Crippen LogP) is 6.17. The molecule has 0 unspecified atom stereocenters. The maximum absolute atomic E-state index is 13.6. The number of pyridine rings is 2. The summed E-state index contributed by atoms with van der Waals surface area (Å²) in [6.45, 7) is 0. The zero-order valence-corrected chi connectivity index (χ0v) is 21.5. The van der Waals surface area contributed by atoms with E-state index in [4.69, 9.17) is 14.5 Å². The molecule has 0 aliphatic heterocycles. The fourth-order valence-electron chi connectivity index (χ4n) is 4.68. The lowest BCUT2D eigenvalue weighted by Crippen LogP contribution is -2.12. The third-order valence-electron chi connectivity index (χ3n) is 6.52. The molecule has 0 amide bonds. The van der Waals surface area contributed by atoms with E-state index in [0.29, 0.717) is 33.8 Å². The molecule has 0 aliphatic carbocycles. The van der Waals surface area contributed by atoms with Crippen molar-refractivity contribution >= 4 is 32.0 Å². The Hall–Kier alpha value is -4.69. The number of aromatic nitrogens is 3. The smallest absolute Gasteiger partial charge is 0.269 e. The summed E-state index contributed by atoms with van der Waals surface area (Å²) in [5.74, 6) is 1.42. The van der Waals surface area contributed by atoms with Gasteiger partial charge in [-0.3, -0.25) is 0 Å². The number of nitrogens with zero attached hydrogens (tertiary/aromatic N) is 3. The largest absolute Gasteiger partial charge is 0.497 e. The molecule has 6 aromatic rings. The van der Waals surface area contributed by atoms with Gasteiger partial charge in [0.15, 0.2) is 5.65 Å². The fourth-order valence-corrected chi connectivity index (χ4v) is 6.03. The highest BCUT2D eigenvalue weighted by Gasteiger charge is 2.24. The van der Waals surface area contributed by atoms with E-state index in [1.807, 2.05) is 54.6 Å². The monoisotopic (exact) mass is 521 g/mol. The molecule has 7 nitrogen and oxygen atoms in total. The maximum atomic E-state index is 13.6. The average Bonchev–Trinajstić information content (AvgIpc) is 3.37. The average molecular weight is 522 g/mol. The van der Waals surface area contributed by atoms with Gasteiger partial charge in [-0.2, -0.15) is 0 Å². The fraction of sp³-hybridized carbons (Fsp3) is 0.0667. The van der Waals surface area contributed by atoms with Gasteiger partial charge in [0, 0.05) is 34.3 Å². The van der Waals surface area contributed by atoms with Crippen molar-refractivity contribution in [2.24, 2.45) is 0 Å². The minimum absolute atomic E-state index is 0.183. The Morgan fingerprint density at radius 2 is 1.53 bits per heavy atom. The minimum Gasteiger partial charge on any atom is -0.497 e. The maximum Gasteiger partial charge on any atom is 0.269 e. The highest BCUT2D eigenvalue weighted by Crippen LogP contribution is 2.40. The van der Waals surface area contributed by atoms with Gasteiger partial charge < -0.3 is 9.47 Å². The van der Waals surface area contributed by atoms with Gasteiger partial charge in [0.1, 0.15) is 11.5 Å². The molecule has 3 heterocycles. The second-order valence-corrected chi connectivity index (χ2v) is 10.5. The van der Waals surface area contributed by atoms with Crippen LogP contribution in [0.25, 0.3) is 44.3 Å². The van der Waals surface area contributed by atoms with Crippen molar-refractivity contribution in [1.82, 2.24) is 13.9 Å². The summed E-state index contributed by atoms with van der Waals surface area (Å²) in [5.41, 5.74) is 4.11. The summed E-state index contributed by atoms with van der Waals surface area (Å²) in [6.07, 6.45) is 3.19. The number of rotatable bonds is 6. The molecule has 3 aromatic carbocycles. The standard InChI is InChI=1S/C30H23N3O4S/c1-36-20-14-15-27-25(17-20)24(22-11-6-7-13-29(22)37-2)18-28(32-27)26-19-33(30-23(26)12-8-16-31-30)38(34,35)21-9-4-3-5-10-21/h3-19H,1-2H3. The Labute approximate surface area is 220 Å². The van der Waals surface area contributed by atoms with Gasteiger partial charge in [0.25, 0.3) is 10.0 Å². The lowest BCUT2D eigenvalue weighted by molar-refractivity contribution is 0.415. The van der Waals surface area contributed by atoms with Gasteiger partial charge in [-0.25, -0.2) is 22.4 Å². The molecule has 188 valence electrons. The first-order valence-electron chi connectivity index (χ1n) is 11.9. The molecule has 0 fully saturated rings. The van der Waals surface area contributed by atoms with Gasteiger partial charge in [-0.05, 0) is 60.2 Å². The Morgan fingerprint density at radius 3 is 2.32 bits per heavy atom. The highest BCUT2D eigenvalue weighted by molar-refractivity contribution is 7.90. The van der Waals surface area contributed by atoms with Crippen LogP contribution >= 0.6 is 0 Å². The normalized spacial score (nSPS) is 11.6. The Kier molecular flexibility index (Phi) is 5.81. The Bertz CT molecular complexity index is 1920. The molecule has 0 bridgehead atoms. The SMILES string of the molecule is COc1ccc2nc(-c3cn(S(=O)(=O)c4ccccc4)c4ncccc34)cc(-c3ccccc3OC)c2c1. The van der Waals surface area contributed by atoms with Crippen LogP contribution in [0.5, 0.6) is 11.5 Å². The third-order valence-corrected chi connectivity index (χ3v) is 8.19. The van der Waals surface area contributed by atoms with Gasteiger partial charge in [-0.15, -0.1) is 0 Å². The summed E-state index contributed by atoms with van der Waals surface area (Å²) in [4.78, 5) is 9.56. The predicted molar refractivity (Wildman–Crippen MR) is 148 cm³/mol. The molecule has 0 atom stereocenters. The van der Waals surface area contributed by atoms with Crippen LogP contribution in [0.3, 0.4) is 0 Å². The molecule has 3 aromatic heterocycles. The molecular weight excluding hydrogens is 498 g/mol. The zero-order chi connectivity index (χ0) is 26.3. The van der Waals surface area contributed by atoms with Crippen LogP contribution in [-0.2, 0) is 10.0 Å². The molecule has 0 radical (unpaired) electrons. The number of methoxy groups -OCH3 is 2. The van der Waals surface area contributed by atoms with E-state index in [-0.39, 0.29) is 4.90 Å². The first kappa shape index (κ1) is 23.7. The zero-order valence-electron chi connectivity index (χ0n) is 20.7. The summed E-state index contributed by atoms with van der Waals surface area (Å²) in [6, 6.07) is 27.4. The van der Waals surface area contributed by atoms with Gasteiger partial charge in [0.2, 0.25) is 0 Å². The topological polar surface area (TPSA) is 83.3 Å². The molecule has 8 heteroatoms. The van der Waals surface area contributed by atoms with Crippen LogP contribution in [0.4, 0.5) is 0 Å². The summed E-state index contributed by atoms with van der Waals surface area (Å²) in [5, 5.41) is 1.56. The van der Waals surface area contributed by atoms with Gasteiger partial charge in [-0.1, -0.05) is 36.4 Å². The van der Waals surface area contributed by atoms with Crippen molar-refractivity contribution in [3.05, 3.63) is 103 Å². The van der Waals surface area contributed by atoms with E-state index in [1.165, 1.54) is 3.97 Å². The van der Waals surface area contributed by atoms with Crippen LogP contribution in [-0.4, -0.2) is 36.6 Å². The van der Waals surface area contributed by atoms with E-state index < -0.39 is 10.0 Å². The van der Waals surface area contributed by atoms with Crippen LogP contribution < -0.4 is 9.47 Å². The van der Waals surface area contributed by atoms with Crippen LogP contribution in [0.1, 0.15) is 0 Å². The quantitative estimate of drug-likeness (QED) is 0.261. The van der Waals surface area contributed by atoms with Crippen LogP contribution in [0.2, 0.25) is 0 Å². The lowest BCUT2D eigenvalue weighted by Gasteiger charge is -2.14. The van der Waals surface area contributed by atoms with Crippen molar-refractivity contribution < 1.29 is 17.9 Å². The van der Waals surface area contributed by atoms with E-state index in [0.717, 1.165) is 22.0 Å². The molecule has 0 saturated carbocycles. The molecule has 38 heavy (non-hydrogen) atoms. The van der Waals surface area contributed by atoms with Crippen molar-refractivity contribution in [3.63, 3.8) is 0 Å². The molecule has 0 spiro atoms. The van der Waals surface area contributed by atoms with Crippen LogP contribution in [0, 0.1) is 0 Å². The first-order chi connectivity index (χ1) is 18.5. The summed E-state index contributed by atoms with van der Waals surface area (Å²) in [7, 11) is -0.625. The third kappa shape index (κ3) is 3.86. The molecule has 0 saturated heterocycles. The van der Waals surface area contributed by atoms with Crippen molar-refractivity contribution in [1.29, 1.82) is 0 Å². The van der Waals surface area contributed by atoms with Crippen molar-refractivity contribution in [3.8, 4) is 33.9 Å². The lowest BCUT2D eigenvalue weighted by atomic mass is 9.97. The number of benzene rings is 3. The number of hydrogen-bond donors (Lipinski definition) is 0. The number of hydrogen-bond acceptors (Lipinski definition) is 6. The van der Waals surface area contributed by atoms with Crippen molar-refractivity contribution in [2.45, 2.75) is 4.90 Å². The highest BCUT2D eigenvalue weighted by atomic mass is 32.2. The number of para-hydroxylation sites is 1. The second kappa shape index (κ2) is 9.32. The molecular formula is C30H23N3O4S. The second-order valence-electron chi connectivity index (χ2n) is 8.67. The number of ether oxygens (including phenoxy) is 2.